The zero-order valence-electron chi connectivity index (χ0n) is 17.8. The fraction of sp³-hybridized carbons (Fsp3) is 0.417. The van der Waals surface area contributed by atoms with Gasteiger partial charge in [0.1, 0.15) is 0 Å². The smallest absolute Gasteiger partial charge is 0.240 e. The van der Waals surface area contributed by atoms with Crippen molar-refractivity contribution in [2.75, 3.05) is 20.2 Å². The summed E-state index contributed by atoms with van der Waals surface area (Å²) in [6.07, 6.45) is 1.90. The SMILES string of the molecule is COc1cc(CN2Cc3ccccc3C[C@@H]2C(=O)N2CCC(C(N)=O)CC2)ccc1O. The maximum atomic E-state index is 13.5. The second kappa shape index (κ2) is 8.98. The zero-order chi connectivity index (χ0) is 22.0. The number of carbonyl (C=O) groups excluding carboxylic acids is 2. The predicted octanol–water partition coefficient (Wildman–Crippen LogP) is 2.05. The van der Waals surface area contributed by atoms with E-state index in [2.05, 4.69) is 17.0 Å². The summed E-state index contributed by atoms with van der Waals surface area (Å²) in [7, 11) is 1.53. The summed E-state index contributed by atoms with van der Waals surface area (Å²) in [6, 6.07) is 13.3. The van der Waals surface area contributed by atoms with E-state index in [0.29, 0.717) is 51.2 Å². The van der Waals surface area contributed by atoms with Crippen LogP contribution in [-0.4, -0.2) is 53.0 Å². The molecule has 164 valence electrons. The second-order valence-electron chi connectivity index (χ2n) is 8.40. The third-order valence-electron chi connectivity index (χ3n) is 6.47. The lowest BCUT2D eigenvalue weighted by atomic mass is 9.91. The number of amides is 2. The van der Waals surface area contributed by atoms with Gasteiger partial charge < -0.3 is 20.5 Å². The summed E-state index contributed by atoms with van der Waals surface area (Å²) < 4.78 is 5.25. The van der Waals surface area contributed by atoms with Gasteiger partial charge in [0, 0.05) is 32.1 Å². The molecule has 2 aliphatic heterocycles. The lowest BCUT2D eigenvalue weighted by Gasteiger charge is -2.40. The highest BCUT2D eigenvalue weighted by molar-refractivity contribution is 5.83. The van der Waals surface area contributed by atoms with E-state index in [9.17, 15) is 14.7 Å². The first-order chi connectivity index (χ1) is 15.0. The third-order valence-corrected chi connectivity index (χ3v) is 6.47. The molecule has 2 aromatic carbocycles. The van der Waals surface area contributed by atoms with Crippen LogP contribution in [0.25, 0.3) is 0 Å². The van der Waals surface area contributed by atoms with Crippen LogP contribution in [-0.2, 0) is 29.1 Å². The van der Waals surface area contributed by atoms with Crippen molar-refractivity contribution >= 4 is 11.8 Å². The largest absolute Gasteiger partial charge is 0.504 e. The highest BCUT2D eigenvalue weighted by atomic mass is 16.5. The molecule has 0 spiro atoms. The van der Waals surface area contributed by atoms with E-state index in [1.54, 1.807) is 6.07 Å². The minimum atomic E-state index is -0.278. The number of fused-ring (bicyclic) bond motifs is 1. The first-order valence-corrected chi connectivity index (χ1v) is 10.7. The van der Waals surface area contributed by atoms with Crippen LogP contribution in [0.15, 0.2) is 42.5 Å². The Morgan fingerprint density at radius 3 is 2.52 bits per heavy atom. The number of aromatic hydroxyl groups is 1. The topological polar surface area (TPSA) is 96.1 Å². The number of likely N-dealkylation sites (tertiary alicyclic amines) is 1. The Hall–Kier alpha value is -3.06. The number of nitrogens with two attached hydrogens (primary N) is 1. The van der Waals surface area contributed by atoms with Crippen LogP contribution in [0.1, 0.15) is 29.5 Å². The minimum Gasteiger partial charge on any atom is -0.504 e. The van der Waals surface area contributed by atoms with E-state index in [4.69, 9.17) is 10.5 Å². The van der Waals surface area contributed by atoms with Gasteiger partial charge in [-0.2, -0.15) is 0 Å². The number of ether oxygens (including phenoxy) is 1. The lowest BCUT2D eigenvalue weighted by molar-refractivity contribution is -0.140. The molecule has 0 aliphatic carbocycles. The van der Waals surface area contributed by atoms with Gasteiger partial charge in [0.2, 0.25) is 11.8 Å². The van der Waals surface area contributed by atoms with Gasteiger partial charge in [-0.3, -0.25) is 14.5 Å². The molecule has 2 aromatic rings. The number of primary amides is 1. The lowest BCUT2D eigenvalue weighted by Crippen LogP contribution is -2.53. The van der Waals surface area contributed by atoms with Crippen molar-refractivity contribution in [1.82, 2.24) is 9.80 Å². The normalized spacial score (nSPS) is 19.6. The van der Waals surface area contributed by atoms with Gasteiger partial charge in [-0.05, 0) is 48.1 Å². The number of phenolic OH excluding ortho intramolecular Hbond substituents is 1. The third kappa shape index (κ3) is 4.51. The maximum absolute atomic E-state index is 13.5. The number of phenols is 1. The van der Waals surface area contributed by atoms with E-state index in [0.717, 1.165) is 5.56 Å². The van der Waals surface area contributed by atoms with E-state index >= 15 is 0 Å². The van der Waals surface area contributed by atoms with Crippen LogP contribution in [0, 0.1) is 5.92 Å². The van der Waals surface area contributed by atoms with Gasteiger partial charge in [-0.25, -0.2) is 0 Å². The number of piperidine rings is 1. The van der Waals surface area contributed by atoms with Crippen LogP contribution in [0.4, 0.5) is 0 Å². The number of rotatable bonds is 5. The number of hydrogen-bond acceptors (Lipinski definition) is 5. The molecule has 2 aliphatic rings. The van der Waals surface area contributed by atoms with Crippen molar-refractivity contribution in [3.05, 3.63) is 59.2 Å². The van der Waals surface area contributed by atoms with Crippen LogP contribution in [0.5, 0.6) is 11.5 Å². The van der Waals surface area contributed by atoms with Gasteiger partial charge >= 0.3 is 0 Å². The van der Waals surface area contributed by atoms with E-state index in [1.165, 1.54) is 18.2 Å². The standard InChI is InChI=1S/C24H29N3O4/c1-31-22-12-16(6-7-21(22)28)14-27-15-19-5-3-2-4-18(19)13-20(27)24(30)26-10-8-17(9-11-26)23(25)29/h2-7,12,17,20,28H,8-11,13-15H2,1H3,(H2,25,29)/t20-/m1/s1. The van der Waals surface area contributed by atoms with Crippen LogP contribution >= 0.6 is 0 Å². The molecule has 0 saturated carbocycles. The molecule has 0 bridgehead atoms. The van der Waals surface area contributed by atoms with Gasteiger partial charge in [0.05, 0.1) is 13.2 Å². The molecule has 1 atom stereocenters. The second-order valence-corrected chi connectivity index (χ2v) is 8.40. The average molecular weight is 424 g/mol. The van der Waals surface area contributed by atoms with Gasteiger partial charge in [0.15, 0.2) is 11.5 Å². The molecule has 0 radical (unpaired) electrons. The molecule has 2 heterocycles. The van der Waals surface area contributed by atoms with Crippen LogP contribution in [0.3, 0.4) is 0 Å². The molecular weight excluding hydrogens is 394 g/mol. The number of nitrogens with zero attached hydrogens (tertiary/aromatic N) is 2. The zero-order valence-corrected chi connectivity index (χ0v) is 17.8. The molecule has 1 fully saturated rings. The van der Waals surface area contributed by atoms with E-state index in [-0.39, 0.29) is 29.5 Å². The number of carbonyl (C=O) groups is 2. The van der Waals surface area contributed by atoms with Crippen LogP contribution < -0.4 is 10.5 Å². The summed E-state index contributed by atoms with van der Waals surface area (Å²) in [5, 5.41) is 9.91. The maximum Gasteiger partial charge on any atom is 0.240 e. The molecular formula is C24H29N3O4. The van der Waals surface area contributed by atoms with Crippen molar-refractivity contribution < 1.29 is 19.4 Å². The summed E-state index contributed by atoms with van der Waals surface area (Å²) in [4.78, 5) is 29.1. The molecule has 1 saturated heterocycles. The monoisotopic (exact) mass is 423 g/mol. The van der Waals surface area contributed by atoms with Gasteiger partial charge in [0.25, 0.3) is 0 Å². The summed E-state index contributed by atoms with van der Waals surface area (Å²) in [5.74, 6) is 0.202. The highest BCUT2D eigenvalue weighted by Gasteiger charge is 2.36. The Labute approximate surface area is 182 Å². The van der Waals surface area contributed by atoms with Crippen molar-refractivity contribution in [2.45, 2.75) is 38.4 Å². The van der Waals surface area contributed by atoms with Gasteiger partial charge in [-0.1, -0.05) is 30.3 Å². The van der Waals surface area contributed by atoms with Crippen molar-refractivity contribution in [3.63, 3.8) is 0 Å². The Morgan fingerprint density at radius 2 is 1.84 bits per heavy atom. The fourth-order valence-corrected chi connectivity index (χ4v) is 4.64. The van der Waals surface area contributed by atoms with Crippen molar-refractivity contribution in [2.24, 2.45) is 11.7 Å². The molecule has 0 aromatic heterocycles. The Balaban J connectivity index is 1.56. The Morgan fingerprint density at radius 1 is 1.13 bits per heavy atom. The first kappa shape index (κ1) is 21.2. The minimum absolute atomic E-state index is 0.0974. The summed E-state index contributed by atoms with van der Waals surface area (Å²) in [6.45, 7) is 2.36. The Kier molecular flexibility index (Phi) is 6.13. The first-order valence-electron chi connectivity index (χ1n) is 10.7. The highest BCUT2D eigenvalue weighted by Crippen LogP contribution is 2.30. The van der Waals surface area contributed by atoms with E-state index in [1.807, 2.05) is 29.2 Å². The average Bonchev–Trinajstić information content (AvgIpc) is 2.79. The molecule has 0 unspecified atom stereocenters. The number of methoxy groups -OCH3 is 1. The molecule has 4 rings (SSSR count). The van der Waals surface area contributed by atoms with Crippen molar-refractivity contribution in [3.8, 4) is 11.5 Å². The number of hydrogen-bond donors (Lipinski definition) is 2. The molecule has 2 amide bonds. The summed E-state index contributed by atoms with van der Waals surface area (Å²) >= 11 is 0. The Bertz CT molecular complexity index is 969. The van der Waals surface area contributed by atoms with Crippen LogP contribution in [0.2, 0.25) is 0 Å². The molecule has 3 N–H and O–H groups in total. The molecule has 31 heavy (non-hydrogen) atoms. The van der Waals surface area contributed by atoms with Gasteiger partial charge in [-0.15, -0.1) is 0 Å². The number of benzene rings is 2. The molecule has 7 heteroatoms. The van der Waals surface area contributed by atoms with Crippen molar-refractivity contribution in [1.29, 1.82) is 0 Å². The fourth-order valence-electron chi connectivity index (χ4n) is 4.64. The van der Waals surface area contributed by atoms with E-state index < -0.39 is 0 Å². The predicted molar refractivity (Wildman–Crippen MR) is 116 cm³/mol. The molecule has 7 nitrogen and oxygen atoms in total. The quantitative estimate of drug-likeness (QED) is 0.767. The summed E-state index contributed by atoms with van der Waals surface area (Å²) in [5.41, 5.74) is 8.85.